The van der Waals surface area contributed by atoms with Crippen molar-refractivity contribution < 1.29 is 9.53 Å². The lowest BCUT2D eigenvalue weighted by Gasteiger charge is -2.36. The molecule has 2 rings (SSSR count). The highest BCUT2D eigenvalue weighted by Crippen LogP contribution is 2.20. The summed E-state index contributed by atoms with van der Waals surface area (Å²) in [5.74, 6) is 1.48. The van der Waals surface area contributed by atoms with E-state index in [2.05, 4.69) is 29.4 Å². The Balaban J connectivity index is 1.88. The Hall–Kier alpha value is -2.18. The van der Waals surface area contributed by atoms with Crippen molar-refractivity contribution in [2.45, 2.75) is 59.6 Å². The number of aromatic nitrogens is 1. The molecule has 2 heterocycles. The van der Waals surface area contributed by atoms with Crippen molar-refractivity contribution in [1.29, 1.82) is 0 Å². The number of ether oxygens (including phenoxy) is 1. The van der Waals surface area contributed by atoms with Gasteiger partial charge in [-0.2, -0.15) is 0 Å². The molecule has 164 valence electrons. The number of guanidine groups is 1. The lowest BCUT2D eigenvalue weighted by atomic mass is 9.96. The van der Waals surface area contributed by atoms with Gasteiger partial charge in [-0.25, -0.2) is 9.79 Å². The van der Waals surface area contributed by atoms with Gasteiger partial charge in [-0.1, -0.05) is 0 Å². The first-order valence-corrected chi connectivity index (χ1v) is 10.8. The van der Waals surface area contributed by atoms with Crippen molar-refractivity contribution in [3.8, 4) is 0 Å². The molecule has 0 bridgehead atoms. The molecule has 1 saturated heterocycles. The maximum absolute atomic E-state index is 12.4. The number of likely N-dealkylation sites (tertiary alicyclic amines) is 1. The van der Waals surface area contributed by atoms with Crippen molar-refractivity contribution in [2.24, 2.45) is 18.0 Å². The van der Waals surface area contributed by atoms with Crippen LogP contribution < -0.4 is 5.32 Å². The topological polar surface area (TPSA) is 62.1 Å². The molecule has 29 heavy (non-hydrogen) atoms. The van der Waals surface area contributed by atoms with Crippen molar-refractivity contribution in [3.63, 3.8) is 0 Å². The van der Waals surface area contributed by atoms with Crippen LogP contribution in [0.15, 0.2) is 23.5 Å². The van der Waals surface area contributed by atoms with E-state index in [4.69, 9.17) is 9.73 Å². The van der Waals surface area contributed by atoms with Gasteiger partial charge in [0.2, 0.25) is 0 Å². The molecule has 7 nitrogen and oxygen atoms in total. The molecule has 0 saturated carbocycles. The standard InChI is InChI=1S/C22H39N5O2/c1-7-23-20(24-15-19-9-12-25(6)16-19)27-13-10-18(11-14-27)17-26(8-2)21(28)29-22(3,4)5/h9,12,16,18H,7-8,10-11,13-15,17H2,1-6H3,(H,23,24). The van der Waals surface area contributed by atoms with E-state index in [1.54, 1.807) is 0 Å². The second-order valence-corrected chi connectivity index (χ2v) is 8.80. The molecule has 0 aliphatic carbocycles. The van der Waals surface area contributed by atoms with Gasteiger partial charge in [0, 0.05) is 52.2 Å². The van der Waals surface area contributed by atoms with E-state index < -0.39 is 5.60 Å². The van der Waals surface area contributed by atoms with E-state index in [1.807, 2.05) is 50.4 Å². The third-order valence-corrected chi connectivity index (χ3v) is 5.07. The van der Waals surface area contributed by atoms with Crippen molar-refractivity contribution >= 4 is 12.1 Å². The van der Waals surface area contributed by atoms with E-state index in [-0.39, 0.29) is 6.09 Å². The fourth-order valence-electron chi connectivity index (χ4n) is 3.54. The van der Waals surface area contributed by atoms with Gasteiger partial charge in [-0.15, -0.1) is 0 Å². The largest absolute Gasteiger partial charge is 0.444 e. The number of aryl methyl sites for hydroxylation is 1. The van der Waals surface area contributed by atoms with Gasteiger partial charge in [0.25, 0.3) is 0 Å². The molecule has 7 heteroatoms. The molecule has 1 aliphatic rings. The highest BCUT2D eigenvalue weighted by molar-refractivity contribution is 5.80. The third-order valence-electron chi connectivity index (χ3n) is 5.07. The van der Waals surface area contributed by atoms with Gasteiger partial charge in [0.1, 0.15) is 5.60 Å². The number of nitrogens with zero attached hydrogens (tertiary/aromatic N) is 4. The zero-order valence-corrected chi connectivity index (χ0v) is 19.1. The van der Waals surface area contributed by atoms with Gasteiger partial charge in [-0.3, -0.25) is 0 Å². The van der Waals surface area contributed by atoms with Crippen LogP contribution in [-0.4, -0.2) is 64.7 Å². The highest BCUT2D eigenvalue weighted by Gasteiger charge is 2.27. The van der Waals surface area contributed by atoms with Gasteiger partial charge in [-0.05, 0) is 65.0 Å². The summed E-state index contributed by atoms with van der Waals surface area (Å²) in [7, 11) is 2.03. The minimum absolute atomic E-state index is 0.208. The molecule has 1 aromatic heterocycles. The van der Waals surface area contributed by atoms with E-state index in [1.165, 1.54) is 5.56 Å². The highest BCUT2D eigenvalue weighted by atomic mass is 16.6. The van der Waals surface area contributed by atoms with Gasteiger partial charge in [0.15, 0.2) is 5.96 Å². The maximum atomic E-state index is 12.4. The van der Waals surface area contributed by atoms with Crippen LogP contribution in [0.3, 0.4) is 0 Å². The zero-order valence-electron chi connectivity index (χ0n) is 19.1. The number of hydrogen-bond donors (Lipinski definition) is 1. The van der Waals surface area contributed by atoms with E-state index in [0.29, 0.717) is 19.0 Å². The molecule has 0 radical (unpaired) electrons. The molecule has 0 spiro atoms. The van der Waals surface area contributed by atoms with Crippen LogP contribution in [0.1, 0.15) is 53.0 Å². The van der Waals surface area contributed by atoms with Crippen molar-refractivity contribution in [1.82, 2.24) is 19.7 Å². The first-order valence-electron chi connectivity index (χ1n) is 10.8. The molecule has 1 fully saturated rings. The average molecular weight is 406 g/mol. The lowest BCUT2D eigenvalue weighted by molar-refractivity contribution is 0.0214. The van der Waals surface area contributed by atoms with Crippen LogP contribution >= 0.6 is 0 Å². The summed E-state index contributed by atoms with van der Waals surface area (Å²) in [6.45, 7) is 14.7. The second-order valence-electron chi connectivity index (χ2n) is 8.80. The van der Waals surface area contributed by atoms with E-state index >= 15 is 0 Å². The predicted octanol–water partition coefficient (Wildman–Crippen LogP) is 3.46. The Bertz CT molecular complexity index is 669. The van der Waals surface area contributed by atoms with Gasteiger partial charge >= 0.3 is 6.09 Å². The zero-order chi connectivity index (χ0) is 21.4. The maximum Gasteiger partial charge on any atom is 0.410 e. The first-order chi connectivity index (χ1) is 13.7. The fourth-order valence-corrected chi connectivity index (χ4v) is 3.54. The predicted molar refractivity (Wildman–Crippen MR) is 118 cm³/mol. The van der Waals surface area contributed by atoms with Crippen molar-refractivity contribution in [2.75, 3.05) is 32.7 Å². The summed E-state index contributed by atoms with van der Waals surface area (Å²) in [4.78, 5) is 21.4. The number of piperidine rings is 1. The number of amides is 1. The number of rotatable bonds is 6. The van der Waals surface area contributed by atoms with Crippen LogP contribution in [0.25, 0.3) is 0 Å². The Morgan fingerprint density at radius 2 is 2.00 bits per heavy atom. The average Bonchev–Trinajstić information content (AvgIpc) is 3.07. The Labute approximate surface area is 176 Å². The van der Waals surface area contributed by atoms with Gasteiger partial charge in [0.05, 0.1) is 6.54 Å². The fraction of sp³-hybridized carbons (Fsp3) is 0.727. The summed E-state index contributed by atoms with van der Waals surface area (Å²) in [5.41, 5.74) is 0.762. The smallest absolute Gasteiger partial charge is 0.410 e. The first kappa shape index (κ1) is 23.1. The minimum atomic E-state index is -0.455. The second kappa shape index (κ2) is 10.6. The molecular formula is C22H39N5O2. The van der Waals surface area contributed by atoms with Crippen LogP contribution in [0, 0.1) is 5.92 Å². The number of nitrogens with one attached hydrogen (secondary N) is 1. The third kappa shape index (κ3) is 7.63. The van der Waals surface area contributed by atoms with Crippen LogP contribution in [0.4, 0.5) is 4.79 Å². The van der Waals surface area contributed by atoms with Crippen LogP contribution in [0.2, 0.25) is 0 Å². The molecule has 1 aromatic rings. The van der Waals surface area contributed by atoms with Crippen LogP contribution in [-0.2, 0) is 18.3 Å². The number of hydrogen-bond acceptors (Lipinski definition) is 3. The molecule has 1 amide bonds. The van der Waals surface area contributed by atoms with Gasteiger partial charge < -0.3 is 24.4 Å². The molecule has 0 aromatic carbocycles. The summed E-state index contributed by atoms with van der Waals surface area (Å²) in [6.07, 6.45) is 6.05. The van der Waals surface area contributed by atoms with E-state index in [9.17, 15) is 4.79 Å². The Morgan fingerprint density at radius 1 is 1.31 bits per heavy atom. The van der Waals surface area contributed by atoms with Crippen molar-refractivity contribution in [3.05, 3.63) is 24.0 Å². The number of carbonyl (C=O) groups is 1. The summed E-state index contributed by atoms with van der Waals surface area (Å²) in [6, 6.07) is 2.11. The minimum Gasteiger partial charge on any atom is -0.444 e. The summed E-state index contributed by atoms with van der Waals surface area (Å²) < 4.78 is 7.59. The van der Waals surface area contributed by atoms with E-state index in [0.717, 1.165) is 45.0 Å². The normalized spacial score (nSPS) is 16.1. The molecular weight excluding hydrogens is 366 g/mol. The quantitative estimate of drug-likeness (QED) is 0.582. The summed E-state index contributed by atoms with van der Waals surface area (Å²) >= 11 is 0. The molecule has 0 unspecified atom stereocenters. The number of aliphatic imine (C=N–C) groups is 1. The lowest BCUT2D eigenvalue weighted by Crippen LogP contribution is -2.47. The monoisotopic (exact) mass is 405 g/mol. The number of carbonyl (C=O) groups excluding carboxylic acids is 1. The molecule has 1 aliphatic heterocycles. The SMILES string of the molecule is CCNC(=NCc1ccn(C)c1)N1CCC(CN(CC)C(=O)OC(C)(C)C)CC1. The summed E-state index contributed by atoms with van der Waals surface area (Å²) in [5, 5.41) is 3.42. The molecule has 1 N–H and O–H groups in total. The molecule has 0 atom stereocenters. The Kier molecular flexibility index (Phi) is 8.41. The van der Waals surface area contributed by atoms with Crippen LogP contribution in [0.5, 0.6) is 0 Å². The Morgan fingerprint density at radius 3 is 2.52 bits per heavy atom.